The molecule has 0 fully saturated rings. The normalized spacial score (nSPS) is 11.9. The van der Waals surface area contributed by atoms with Crippen molar-refractivity contribution in [2.75, 3.05) is 25.1 Å². The van der Waals surface area contributed by atoms with Crippen molar-refractivity contribution in [1.29, 1.82) is 0 Å². The topological polar surface area (TPSA) is 21.3 Å². The van der Waals surface area contributed by atoms with Gasteiger partial charge < -0.3 is 10.1 Å². The minimum atomic E-state index is -4.28. The molecular weight excluding hydrogens is 243 g/mol. The fourth-order valence-corrected chi connectivity index (χ4v) is 1.36. The third-order valence-electron chi connectivity index (χ3n) is 2.24. The molecule has 1 aromatic carbocycles. The molecular formula is C13H18F3NO. The van der Waals surface area contributed by atoms with Crippen LogP contribution in [-0.4, -0.2) is 19.8 Å². The average Bonchev–Trinajstić information content (AvgIpc) is 2.27. The van der Waals surface area contributed by atoms with Gasteiger partial charge in [-0.15, -0.1) is 0 Å². The fourth-order valence-electron chi connectivity index (χ4n) is 1.36. The lowest BCUT2D eigenvalue weighted by atomic mass is 10.2. The minimum absolute atomic E-state index is 0.482. The number of benzene rings is 1. The number of anilines is 1. The molecule has 0 saturated carbocycles. The summed E-state index contributed by atoms with van der Waals surface area (Å²) in [4.78, 5) is 0. The van der Waals surface area contributed by atoms with E-state index >= 15 is 0 Å². The number of halogens is 3. The minimum Gasteiger partial charge on any atom is -0.383 e. The second-order valence-electron chi connectivity index (χ2n) is 4.47. The van der Waals surface area contributed by atoms with E-state index in [1.54, 1.807) is 0 Å². The van der Waals surface area contributed by atoms with Crippen LogP contribution < -0.4 is 5.32 Å². The third kappa shape index (κ3) is 5.40. The smallest absolute Gasteiger partial charge is 0.383 e. The molecule has 0 bridgehead atoms. The molecule has 0 aliphatic carbocycles. The first-order chi connectivity index (χ1) is 8.39. The van der Waals surface area contributed by atoms with Gasteiger partial charge in [0.2, 0.25) is 0 Å². The van der Waals surface area contributed by atoms with Gasteiger partial charge in [-0.3, -0.25) is 0 Å². The van der Waals surface area contributed by atoms with E-state index in [0.29, 0.717) is 31.4 Å². The van der Waals surface area contributed by atoms with Crippen molar-refractivity contribution in [1.82, 2.24) is 0 Å². The van der Waals surface area contributed by atoms with Gasteiger partial charge in [0.05, 0.1) is 12.2 Å². The van der Waals surface area contributed by atoms with Gasteiger partial charge in [0.1, 0.15) is 0 Å². The Morgan fingerprint density at radius 2 is 1.78 bits per heavy atom. The SMILES string of the molecule is CC(C)COCCNc1ccc(C(F)(F)F)cc1. The molecule has 0 unspecified atom stereocenters. The van der Waals surface area contributed by atoms with Gasteiger partial charge in [-0.1, -0.05) is 13.8 Å². The number of hydrogen-bond acceptors (Lipinski definition) is 2. The summed E-state index contributed by atoms with van der Waals surface area (Å²) in [5.74, 6) is 0.482. The third-order valence-corrected chi connectivity index (χ3v) is 2.24. The molecule has 0 heterocycles. The zero-order chi connectivity index (χ0) is 13.6. The van der Waals surface area contributed by atoms with Crippen molar-refractivity contribution in [2.45, 2.75) is 20.0 Å². The molecule has 0 spiro atoms. The molecule has 102 valence electrons. The van der Waals surface area contributed by atoms with Crippen LogP contribution >= 0.6 is 0 Å². The zero-order valence-corrected chi connectivity index (χ0v) is 10.6. The zero-order valence-electron chi connectivity index (χ0n) is 10.6. The van der Waals surface area contributed by atoms with Crippen molar-refractivity contribution in [3.63, 3.8) is 0 Å². The molecule has 0 saturated heterocycles. The van der Waals surface area contributed by atoms with E-state index in [1.807, 2.05) is 0 Å². The first-order valence-electron chi connectivity index (χ1n) is 5.88. The molecule has 0 aromatic heterocycles. The van der Waals surface area contributed by atoms with Crippen LogP contribution in [0.3, 0.4) is 0 Å². The molecule has 0 amide bonds. The Morgan fingerprint density at radius 3 is 2.28 bits per heavy atom. The molecule has 0 atom stereocenters. The summed E-state index contributed by atoms with van der Waals surface area (Å²) < 4.78 is 42.3. The van der Waals surface area contributed by atoms with Crippen LogP contribution in [0.5, 0.6) is 0 Å². The lowest BCUT2D eigenvalue weighted by molar-refractivity contribution is -0.137. The molecule has 18 heavy (non-hydrogen) atoms. The number of rotatable bonds is 6. The highest BCUT2D eigenvalue weighted by molar-refractivity contribution is 5.45. The van der Waals surface area contributed by atoms with Gasteiger partial charge >= 0.3 is 6.18 Å². The van der Waals surface area contributed by atoms with Crippen LogP contribution in [0.15, 0.2) is 24.3 Å². The summed E-state index contributed by atoms with van der Waals surface area (Å²) in [6.45, 7) is 5.93. The number of hydrogen-bond donors (Lipinski definition) is 1. The Labute approximate surface area is 105 Å². The molecule has 2 nitrogen and oxygen atoms in total. The van der Waals surface area contributed by atoms with Crippen LogP contribution in [0.25, 0.3) is 0 Å². The summed E-state index contributed by atoms with van der Waals surface area (Å²) in [6, 6.07) is 4.98. The van der Waals surface area contributed by atoms with E-state index in [4.69, 9.17) is 4.74 Å². The highest BCUT2D eigenvalue weighted by Crippen LogP contribution is 2.29. The molecule has 0 aliphatic rings. The molecule has 5 heteroatoms. The van der Waals surface area contributed by atoms with Gasteiger partial charge in [0.25, 0.3) is 0 Å². The number of ether oxygens (including phenoxy) is 1. The second kappa shape index (κ2) is 6.64. The van der Waals surface area contributed by atoms with Crippen molar-refractivity contribution in [3.8, 4) is 0 Å². The van der Waals surface area contributed by atoms with E-state index in [-0.39, 0.29) is 0 Å². The standard InChI is InChI=1S/C13H18F3NO/c1-10(2)9-18-8-7-17-12-5-3-11(4-6-12)13(14,15)16/h3-6,10,17H,7-9H2,1-2H3. The highest BCUT2D eigenvalue weighted by atomic mass is 19.4. The number of nitrogens with one attached hydrogen (secondary N) is 1. The van der Waals surface area contributed by atoms with Crippen LogP contribution in [0.4, 0.5) is 18.9 Å². The van der Waals surface area contributed by atoms with E-state index in [9.17, 15) is 13.2 Å². The molecule has 1 N–H and O–H groups in total. The maximum absolute atomic E-state index is 12.3. The monoisotopic (exact) mass is 261 g/mol. The van der Waals surface area contributed by atoms with Gasteiger partial charge in [-0.05, 0) is 30.2 Å². The second-order valence-corrected chi connectivity index (χ2v) is 4.47. The largest absolute Gasteiger partial charge is 0.416 e. The lowest BCUT2D eigenvalue weighted by Crippen LogP contribution is -2.12. The maximum Gasteiger partial charge on any atom is 0.416 e. The van der Waals surface area contributed by atoms with Gasteiger partial charge in [-0.2, -0.15) is 13.2 Å². The Bertz CT molecular complexity index is 346. The molecule has 0 aliphatic heterocycles. The van der Waals surface area contributed by atoms with Gasteiger partial charge in [0, 0.05) is 18.8 Å². The number of alkyl halides is 3. The fraction of sp³-hybridized carbons (Fsp3) is 0.538. The summed E-state index contributed by atoms with van der Waals surface area (Å²) >= 11 is 0. The predicted octanol–water partition coefficient (Wildman–Crippen LogP) is 3.79. The van der Waals surface area contributed by atoms with E-state index in [1.165, 1.54) is 12.1 Å². The summed E-state index contributed by atoms with van der Waals surface area (Å²) in [7, 11) is 0. The molecule has 0 radical (unpaired) electrons. The van der Waals surface area contributed by atoms with Gasteiger partial charge in [0.15, 0.2) is 0 Å². The maximum atomic E-state index is 12.3. The predicted molar refractivity (Wildman–Crippen MR) is 65.6 cm³/mol. The van der Waals surface area contributed by atoms with Crippen LogP contribution in [0, 0.1) is 5.92 Å². The average molecular weight is 261 g/mol. The van der Waals surface area contributed by atoms with Crippen LogP contribution in [0.1, 0.15) is 19.4 Å². The summed E-state index contributed by atoms with van der Waals surface area (Å²) in [6.07, 6.45) is -4.28. The lowest BCUT2D eigenvalue weighted by Gasteiger charge is -2.10. The quantitative estimate of drug-likeness (QED) is 0.787. The summed E-state index contributed by atoms with van der Waals surface area (Å²) in [5.41, 5.74) is 0.0280. The Kier molecular flexibility index (Phi) is 5.47. The van der Waals surface area contributed by atoms with E-state index < -0.39 is 11.7 Å². The van der Waals surface area contributed by atoms with Gasteiger partial charge in [-0.25, -0.2) is 0 Å². The van der Waals surface area contributed by atoms with E-state index in [0.717, 1.165) is 12.1 Å². The Hall–Kier alpha value is -1.23. The summed E-state index contributed by atoms with van der Waals surface area (Å²) in [5, 5.41) is 3.00. The van der Waals surface area contributed by atoms with Crippen LogP contribution in [0.2, 0.25) is 0 Å². The van der Waals surface area contributed by atoms with Crippen molar-refractivity contribution >= 4 is 5.69 Å². The molecule has 1 rings (SSSR count). The van der Waals surface area contributed by atoms with Crippen molar-refractivity contribution < 1.29 is 17.9 Å². The van der Waals surface area contributed by atoms with Crippen molar-refractivity contribution in [3.05, 3.63) is 29.8 Å². The van der Waals surface area contributed by atoms with Crippen LogP contribution in [-0.2, 0) is 10.9 Å². The highest BCUT2D eigenvalue weighted by Gasteiger charge is 2.29. The van der Waals surface area contributed by atoms with Crippen molar-refractivity contribution in [2.24, 2.45) is 5.92 Å². The Balaban J connectivity index is 2.31. The first kappa shape index (κ1) is 14.8. The van der Waals surface area contributed by atoms with E-state index in [2.05, 4.69) is 19.2 Å². The Morgan fingerprint density at radius 1 is 1.17 bits per heavy atom. The molecule has 1 aromatic rings. The first-order valence-corrected chi connectivity index (χ1v) is 5.88.